The van der Waals surface area contributed by atoms with Gasteiger partial charge < -0.3 is 16.0 Å². The number of anilines is 1. The summed E-state index contributed by atoms with van der Waals surface area (Å²) >= 11 is 0. The fourth-order valence-corrected chi connectivity index (χ4v) is 2.84. The van der Waals surface area contributed by atoms with Gasteiger partial charge in [0.1, 0.15) is 0 Å². The van der Waals surface area contributed by atoms with E-state index in [1.807, 2.05) is 55.5 Å². The highest BCUT2D eigenvalue weighted by Gasteiger charge is 2.18. The molecular weight excluding hydrogens is 342 g/mol. The lowest BCUT2D eigenvalue weighted by Gasteiger charge is -2.20. The molecule has 0 spiro atoms. The maximum atomic E-state index is 12.5. The van der Waals surface area contributed by atoms with E-state index in [1.165, 1.54) is 13.8 Å². The Hall–Kier alpha value is -3.15. The molecule has 0 aliphatic rings. The minimum Gasteiger partial charge on any atom is -0.350 e. The van der Waals surface area contributed by atoms with Gasteiger partial charge in [-0.2, -0.15) is 0 Å². The van der Waals surface area contributed by atoms with Crippen molar-refractivity contribution in [2.24, 2.45) is 0 Å². The molecule has 2 unspecified atom stereocenters. The fourth-order valence-electron chi connectivity index (χ4n) is 2.84. The van der Waals surface area contributed by atoms with Crippen molar-refractivity contribution in [3.63, 3.8) is 0 Å². The minimum absolute atomic E-state index is 0.138. The molecule has 0 aromatic heterocycles. The van der Waals surface area contributed by atoms with E-state index in [1.54, 1.807) is 6.07 Å². The molecule has 6 nitrogen and oxygen atoms in total. The summed E-state index contributed by atoms with van der Waals surface area (Å²) in [5.74, 6) is -0.507. The van der Waals surface area contributed by atoms with Crippen LogP contribution in [0.5, 0.6) is 0 Å². The zero-order valence-corrected chi connectivity index (χ0v) is 15.8. The van der Waals surface area contributed by atoms with Gasteiger partial charge in [-0.1, -0.05) is 42.5 Å². The molecule has 0 saturated carbocycles. The second kappa shape index (κ2) is 9.52. The summed E-state index contributed by atoms with van der Waals surface area (Å²) in [4.78, 5) is 35.2. The second-order valence-electron chi connectivity index (χ2n) is 6.46. The monoisotopic (exact) mass is 367 g/mol. The Labute approximate surface area is 159 Å². The van der Waals surface area contributed by atoms with Gasteiger partial charge in [0, 0.05) is 19.5 Å². The predicted octanol–water partition coefficient (Wildman–Crippen LogP) is 3.09. The average molecular weight is 367 g/mol. The molecule has 142 valence electrons. The number of amides is 3. The Morgan fingerprint density at radius 2 is 1.52 bits per heavy atom. The van der Waals surface area contributed by atoms with E-state index in [-0.39, 0.29) is 36.2 Å². The van der Waals surface area contributed by atoms with Crippen LogP contribution in [0.4, 0.5) is 5.69 Å². The van der Waals surface area contributed by atoms with Crippen LogP contribution in [0.25, 0.3) is 0 Å². The lowest BCUT2D eigenvalue weighted by molar-refractivity contribution is -0.123. The Morgan fingerprint density at radius 1 is 0.852 bits per heavy atom. The molecule has 0 radical (unpaired) electrons. The Morgan fingerprint density at radius 3 is 2.15 bits per heavy atom. The molecule has 0 saturated heterocycles. The number of carbonyl (C=O) groups is 3. The first-order valence-corrected chi connectivity index (χ1v) is 8.84. The average Bonchev–Trinajstić information content (AvgIpc) is 2.61. The second-order valence-corrected chi connectivity index (χ2v) is 6.46. The number of hydrogen-bond donors (Lipinski definition) is 3. The number of nitrogens with one attached hydrogen (secondary N) is 3. The quantitative estimate of drug-likeness (QED) is 0.703. The van der Waals surface area contributed by atoms with Crippen LogP contribution in [-0.2, 0) is 14.4 Å². The summed E-state index contributed by atoms with van der Waals surface area (Å²) in [6, 6.07) is 16.1. The van der Waals surface area contributed by atoms with E-state index in [9.17, 15) is 14.4 Å². The van der Waals surface area contributed by atoms with Crippen LogP contribution >= 0.6 is 0 Å². The third-order valence-electron chi connectivity index (χ3n) is 4.05. The van der Waals surface area contributed by atoms with Crippen LogP contribution in [0.1, 0.15) is 50.4 Å². The van der Waals surface area contributed by atoms with Crippen molar-refractivity contribution in [1.29, 1.82) is 0 Å². The molecule has 3 amide bonds. The van der Waals surface area contributed by atoms with Crippen molar-refractivity contribution in [3.8, 4) is 0 Å². The lowest BCUT2D eigenvalue weighted by Crippen LogP contribution is -2.33. The third kappa shape index (κ3) is 6.58. The molecule has 0 heterocycles. The van der Waals surface area contributed by atoms with Crippen molar-refractivity contribution in [3.05, 3.63) is 65.7 Å². The molecule has 0 fully saturated rings. The SMILES string of the molecule is CC(=O)Nc1cccc(C(C)NC(=O)CC(NC(C)=O)c2ccccc2)c1. The summed E-state index contributed by atoms with van der Waals surface area (Å²) in [6.07, 6.45) is 0.138. The summed E-state index contributed by atoms with van der Waals surface area (Å²) in [6.45, 7) is 4.76. The largest absolute Gasteiger partial charge is 0.350 e. The molecule has 0 aliphatic heterocycles. The summed E-state index contributed by atoms with van der Waals surface area (Å²) in [7, 11) is 0. The molecule has 0 bridgehead atoms. The highest BCUT2D eigenvalue weighted by molar-refractivity contribution is 5.88. The first-order valence-electron chi connectivity index (χ1n) is 8.84. The predicted molar refractivity (Wildman–Crippen MR) is 105 cm³/mol. The van der Waals surface area contributed by atoms with Crippen molar-refractivity contribution < 1.29 is 14.4 Å². The number of rotatable bonds is 7. The highest BCUT2D eigenvalue weighted by atomic mass is 16.2. The summed E-state index contributed by atoms with van der Waals surface area (Å²) in [5.41, 5.74) is 2.44. The van der Waals surface area contributed by atoms with E-state index in [0.29, 0.717) is 5.69 Å². The van der Waals surface area contributed by atoms with Gasteiger partial charge in [0.15, 0.2) is 0 Å². The fraction of sp³-hybridized carbons (Fsp3) is 0.286. The van der Waals surface area contributed by atoms with Crippen LogP contribution in [0.2, 0.25) is 0 Å². The van der Waals surface area contributed by atoms with Crippen LogP contribution in [0.15, 0.2) is 54.6 Å². The van der Waals surface area contributed by atoms with E-state index < -0.39 is 0 Å². The molecule has 0 aliphatic carbocycles. The van der Waals surface area contributed by atoms with Crippen molar-refractivity contribution in [2.75, 3.05) is 5.32 Å². The zero-order chi connectivity index (χ0) is 19.8. The maximum Gasteiger partial charge on any atom is 0.222 e. The number of benzene rings is 2. The molecule has 2 aromatic carbocycles. The summed E-state index contributed by atoms with van der Waals surface area (Å²) in [5, 5.41) is 8.50. The van der Waals surface area contributed by atoms with Gasteiger partial charge in [-0.15, -0.1) is 0 Å². The van der Waals surface area contributed by atoms with Gasteiger partial charge in [0.25, 0.3) is 0 Å². The molecule has 2 aromatic rings. The van der Waals surface area contributed by atoms with Crippen molar-refractivity contribution in [2.45, 2.75) is 39.3 Å². The van der Waals surface area contributed by atoms with Crippen LogP contribution in [-0.4, -0.2) is 17.7 Å². The van der Waals surface area contributed by atoms with Gasteiger partial charge >= 0.3 is 0 Å². The molecule has 27 heavy (non-hydrogen) atoms. The smallest absolute Gasteiger partial charge is 0.222 e. The summed E-state index contributed by atoms with van der Waals surface area (Å²) < 4.78 is 0. The van der Waals surface area contributed by atoms with Gasteiger partial charge in [-0.25, -0.2) is 0 Å². The van der Waals surface area contributed by atoms with Crippen LogP contribution in [0.3, 0.4) is 0 Å². The Kier molecular flexibility index (Phi) is 7.11. The molecule has 2 atom stereocenters. The molecular formula is C21H25N3O3. The lowest BCUT2D eigenvalue weighted by atomic mass is 10.0. The van der Waals surface area contributed by atoms with E-state index in [4.69, 9.17) is 0 Å². The standard InChI is InChI=1S/C21H25N3O3/c1-14(18-10-7-11-19(12-18)23-15(2)25)22-21(27)13-20(24-16(3)26)17-8-5-4-6-9-17/h4-12,14,20H,13H2,1-3H3,(H,22,27)(H,23,25)(H,24,26). The van der Waals surface area contributed by atoms with E-state index in [2.05, 4.69) is 16.0 Å². The van der Waals surface area contributed by atoms with Gasteiger partial charge in [0.2, 0.25) is 17.7 Å². The first kappa shape index (κ1) is 20.2. The highest BCUT2D eigenvalue weighted by Crippen LogP contribution is 2.20. The molecule has 3 N–H and O–H groups in total. The number of carbonyl (C=O) groups excluding carboxylic acids is 3. The van der Waals surface area contributed by atoms with E-state index in [0.717, 1.165) is 11.1 Å². The third-order valence-corrected chi connectivity index (χ3v) is 4.05. The normalized spacial score (nSPS) is 12.6. The van der Waals surface area contributed by atoms with Gasteiger partial charge in [-0.05, 0) is 30.2 Å². The Balaban J connectivity index is 2.04. The van der Waals surface area contributed by atoms with E-state index >= 15 is 0 Å². The molecule has 6 heteroatoms. The van der Waals surface area contributed by atoms with Gasteiger partial charge in [0.05, 0.1) is 18.5 Å². The van der Waals surface area contributed by atoms with Crippen LogP contribution < -0.4 is 16.0 Å². The minimum atomic E-state index is -0.387. The van der Waals surface area contributed by atoms with Crippen molar-refractivity contribution in [1.82, 2.24) is 10.6 Å². The van der Waals surface area contributed by atoms with Crippen molar-refractivity contribution >= 4 is 23.4 Å². The number of hydrogen-bond acceptors (Lipinski definition) is 3. The zero-order valence-electron chi connectivity index (χ0n) is 15.8. The van der Waals surface area contributed by atoms with Gasteiger partial charge in [-0.3, -0.25) is 14.4 Å². The first-order chi connectivity index (χ1) is 12.8. The topological polar surface area (TPSA) is 87.3 Å². The Bertz CT molecular complexity index is 805. The molecule has 2 rings (SSSR count). The van der Waals surface area contributed by atoms with Crippen LogP contribution in [0, 0.1) is 0 Å². The maximum absolute atomic E-state index is 12.5.